The van der Waals surface area contributed by atoms with Gasteiger partial charge in [-0.3, -0.25) is 0 Å². The van der Waals surface area contributed by atoms with Crippen LogP contribution < -0.4 is 5.73 Å². The predicted octanol–water partition coefficient (Wildman–Crippen LogP) is 3.43. The zero-order chi connectivity index (χ0) is 10.5. The van der Waals surface area contributed by atoms with Gasteiger partial charge in [0.15, 0.2) is 0 Å². The summed E-state index contributed by atoms with van der Waals surface area (Å²) in [5.41, 5.74) is 7.97. The van der Waals surface area contributed by atoms with Crippen LogP contribution in [0, 0.1) is 5.92 Å². The van der Waals surface area contributed by atoms with Gasteiger partial charge in [0.2, 0.25) is 0 Å². The molecule has 2 heteroatoms. The van der Waals surface area contributed by atoms with E-state index >= 15 is 0 Å². The summed E-state index contributed by atoms with van der Waals surface area (Å²) < 4.78 is 1.16. The molecule has 0 heterocycles. The third kappa shape index (κ3) is 1.85. The summed E-state index contributed by atoms with van der Waals surface area (Å²) in [5, 5.41) is 0. The second-order valence-electron chi connectivity index (χ2n) is 5.10. The van der Waals surface area contributed by atoms with Gasteiger partial charge in [0.1, 0.15) is 0 Å². The Bertz CT molecular complexity index is 363. The lowest BCUT2D eigenvalue weighted by Gasteiger charge is -2.23. The average molecular weight is 266 g/mol. The highest BCUT2D eigenvalue weighted by Gasteiger charge is 2.51. The topological polar surface area (TPSA) is 26.0 Å². The highest BCUT2D eigenvalue weighted by molar-refractivity contribution is 9.10. The van der Waals surface area contributed by atoms with E-state index in [1.54, 1.807) is 0 Å². The summed E-state index contributed by atoms with van der Waals surface area (Å²) in [5.74, 6) is 1.48. The SMILES string of the molecule is NC1(C(c2ccc(Br)cc2)C2CC2)CC1. The minimum atomic E-state index is 0.134. The van der Waals surface area contributed by atoms with E-state index in [4.69, 9.17) is 5.73 Å². The largest absolute Gasteiger partial charge is 0.325 e. The van der Waals surface area contributed by atoms with Crippen molar-refractivity contribution in [1.82, 2.24) is 0 Å². The van der Waals surface area contributed by atoms with Gasteiger partial charge in [0.05, 0.1) is 0 Å². The third-order valence-corrected chi connectivity index (χ3v) is 4.30. The van der Waals surface area contributed by atoms with Gasteiger partial charge in [-0.15, -0.1) is 0 Å². The predicted molar refractivity (Wildman–Crippen MR) is 65.8 cm³/mol. The van der Waals surface area contributed by atoms with Crippen molar-refractivity contribution in [1.29, 1.82) is 0 Å². The first-order valence-electron chi connectivity index (χ1n) is 5.73. The van der Waals surface area contributed by atoms with Crippen molar-refractivity contribution in [2.75, 3.05) is 0 Å². The number of hydrogen-bond donors (Lipinski definition) is 1. The van der Waals surface area contributed by atoms with Gasteiger partial charge >= 0.3 is 0 Å². The van der Waals surface area contributed by atoms with E-state index in [0.717, 1.165) is 10.4 Å². The van der Waals surface area contributed by atoms with Crippen molar-refractivity contribution < 1.29 is 0 Å². The second kappa shape index (κ2) is 3.33. The molecule has 2 fully saturated rings. The number of hydrogen-bond acceptors (Lipinski definition) is 1. The molecule has 2 N–H and O–H groups in total. The zero-order valence-electron chi connectivity index (χ0n) is 8.75. The van der Waals surface area contributed by atoms with Crippen molar-refractivity contribution in [3.8, 4) is 0 Å². The monoisotopic (exact) mass is 265 g/mol. The molecule has 3 rings (SSSR count). The van der Waals surface area contributed by atoms with Gasteiger partial charge in [-0.25, -0.2) is 0 Å². The van der Waals surface area contributed by atoms with E-state index in [0.29, 0.717) is 5.92 Å². The molecule has 0 amide bonds. The fraction of sp³-hybridized carbons (Fsp3) is 0.538. The normalized spacial score (nSPS) is 24.9. The maximum atomic E-state index is 6.39. The summed E-state index contributed by atoms with van der Waals surface area (Å²) in [4.78, 5) is 0. The lowest BCUT2D eigenvalue weighted by molar-refractivity contribution is 0.469. The van der Waals surface area contributed by atoms with Gasteiger partial charge < -0.3 is 5.73 Å². The Hall–Kier alpha value is -0.340. The van der Waals surface area contributed by atoms with E-state index in [2.05, 4.69) is 40.2 Å². The second-order valence-corrected chi connectivity index (χ2v) is 6.02. The molecule has 1 atom stereocenters. The molecule has 80 valence electrons. The molecule has 2 saturated carbocycles. The highest BCUT2D eigenvalue weighted by Crippen LogP contribution is 2.55. The van der Waals surface area contributed by atoms with Crippen molar-refractivity contribution in [2.24, 2.45) is 11.7 Å². The number of rotatable bonds is 3. The van der Waals surface area contributed by atoms with E-state index < -0.39 is 0 Å². The molecule has 15 heavy (non-hydrogen) atoms. The van der Waals surface area contributed by atoms with Crippen LogP contribution in [0.3, 0.4) is 0 Å². The third-order valence-electron chi connectivity index (χ3n) is 3.77. The number of nitrogens with two attached hydrogens (primary N) is 1. The summed E-state index contributed by atoms with van der Waals surface area (Å²) in [6.45, 7) is 0. The minimum Gasteiger partial charge on any atom is -0.325 e. The Kier molecular flexibility index (Phi) is 2.18. The van der Waals surface area contributed by atoms with Crippen LogP contribution in [0.2, 0.25) is 0 Å². The first kappa shape index (κ1) is 9.86. The standard InChI is InChI=1S/C13H16BrN/c14-11-5-3-10(4-6-11)12(9-1-2-9)13(15)7-8-13/h3-6,9,12H,1-2,7-8,15H2. The zero-order valence-corrected chi connectivity index (χ0v) is 10.3. The molecule has 0 spiro atoms. The Balaban J connectivity index is 1.91. The molecule has 0 bridgehead atoms. The van der Waals surface area contributed by atoms with Crippen LogP contribution in [-0.4, -0.2) is 5.54 Å². The molecule has 0 aromatic heterocycles. The summed E-state index contributed by atoms with van der Waals surface area (Å²) in [7, 11) is 0. The molecule has 1 aromatic carbocycles. The molecule has 1 nitrogen and oxygen atoms in total. The lowest BCUT2D eigenvalue weighted by Crippen LogP contribution is -2.32. The van der Waals surface area contributed by atoms with Crippen LogP contribution in [0.1, 0.15) is 37.2 Å². The molecule has 0 radical (unpaired) electrons. The van der Waals surface area contributed by atoms with Gasteiger partial charge in [-0.1, -0.05) is 28.1 Å². The van der Waals surface area contributed by atoms with Gasteiger partial charge in [0.25, 0.3) is 0 Å². The van der Waals surface area contributed by atoms with Gasteiger partial charge in [-0.2, -0.15) is 0 Å². The number of benzene rings is 1. The van der Waals surface area contributed by atoms with Gasteiger partial charge in [-0.05, 0) is 49.3 Å². The summed E-state index contributed by atoms with van der Waals surface area (Å²) in [6, 6.07) is 8.74. The fourth-order valence-corrected chi connectivity index (χ4v) is 2.89. The van der Waals surface area contributed by atoms with E-state index in [1.807, 2.05) is 0 Å². The summed E-state index contributed by atoms with van der Waals surface area (Å²) >= 11 is 3.48. The molecule has 0 saturated heterocycles. The van der Waals surface area contributed by atoms with Crippen LogP contribution >= 0.6 is 15.9 Å². The molecule has 1 aromatic rings. The van der Waals surface area contributed by atoms with E-state index in [1.165, 1.54) is 31.2 Å². The first-order chi connectivity index (χ1) is 7.19. The minimum absolute atomic E-state index is 0.134. The Morgan fingerprint density at radius 2 is 1.80 bits per heavy atom. The average Bonchev–Trinajstić information content (AvgIpc) is 3.09. The number of halogens is 1. The molecular formula is C13H16BrN. The van der Waals surface area contributed by atoms with Crippen LogP contribution in [0.15, 0.2) is 28.7 Å². The van der Waals surface area contributed by atoms with Crippen molar-refractivity contribution in [3.05, 3.63) is 34.3 Å². The van der Waals surface area contributed by atoms with Crippen molar-refractivity contribution >= 4 is 15.9 Å². The Morgan fingerprint density at radius 3 is 2.27 bits per heavy atom. The first-order valence-corrected chi connectivity index (χ1v) is 6.53. The molecule has 2 aliphatic carbocycles. The summed E-state index contributed by atoms with van der Waals surface area (Å²) in [6.07, 6.45) is 5.17. The Labute approximate surface area is 99.2 Å². The highest BCUT2D eigenvalue weighted by atomic mass is 79.9. The van der Waals surface area contributed by atoms with E-state index in [9.17, 15) is 0 Å². The van der Waals surface area contributed by atoms with Crippen LogP contribution in [0.4, 0.5) is 0 Å². The van der Waals surface area contributed by atoms with E-state index in [-0.39, 0.29) is 5.54 Å². The van der Waals surface area contributed by atoms with Crippen molar-refractivity contribution in [3.63, 3.8) is 0 Å². The Morgan fingerprint density at radius 1 is 1.20 bits per heavy atom. The lowest BCUT2D eigenvalue weighted by atomic mass is 9.85. The van der Waals surface area contributed by atoms with Crippen LogP contribution in [-0.2, 0) is 0 Å². The quantitative estimate of drug-likeness (QED) is 0.891. The molecule has 2 aliphatic rings. The smallest absolute Gasteiger partial charge is 0.0227 e. The van der Waals surface area contributed by atoms with Crippen LogP contribution in [0.5, 0.6) is 0 Å². The molecular weight excluding hydrogens is 250 g/mol. The van der Waals surface area contributed by atoms with Crippen LogP contribution in [0.25, 0.3) is 0 Å². The fourth-order valence-electron chi connectivity index (χ4n) is 2.63. The maximum Gasteiger partial charge on any atom is 0.0227 e. The maximum absolute atomic E-state index is 6.39. The van der Waals surface area contributed by atoms with Gasteiger partial charge in [0, 0.05) is 15.9 Å². The van der Waals surface area contributed by atoms with Crippen molar-refractivity contribution in [2.45, 2.75) is 37.1 Å². The molecule has 1 unspecified atom stereocenters. The molecule has 0 aliphatic heterocycles.